The molecule has 170 valence electrons. The average molecular weight is 444 g/mol. The van der Waals surface area contributed by atoms with Gasteiger partial charge in [-0.15, -0.1) is 0 Å². The number of nitrogens with zero attached hydrogens (tertiary/aromatic N) is 2. The van der Waals surface area contributed by atoms with Gasteiger partial charge in [0.05, 0.1) is 7.11 Å². The van der Waals surface area contributed by atoms with E-state index in [-0.39, 0.29) is 11.9 Å². The van der Waals surface area contributed by atoms with Crippen LogP contribution in [0.5, 0.6) is 5.75 Å². The number of carbonyl (C=O) groups excluding carboxylic acids is 2. The lowest BCUT2D eigenvalue weighted by Gasteiger charge is -2.36. The molecule has 1 N–H and O–H groups in total. The summed E-state index contributed by atoms with van der Waals surface area (Å²) >= 11 is 0. The molecular weight excluding hydrogens is 414 g/mol. The Kier molecular flexibility index (Phi) is 6.93. The Bertz CT molecular complexity index is 1130. The topological polar surface area (TPSA) is 61.9 Å². The summed E-state index contributed by atoms with van der Waals surface area (Å²) in [6, 6.07) is 23.1. The molecule has 0 aliphatic carbocycles. The van der Waals surface area contributed by atoms with E-state index in [1.54, 1.807) is 24.1 Å². The highest BCUT2D eigenvalue weighted by Crippen LogP contribution is 2.23. The van der Waals surface area contributed by atoms with Gasteiger partial charge in [0, 0.05) is 37.4 Å². The molecule has 1 heterocycles. The molecule has 33 heavy (non-hydrogen) atoms. The first-order valence-corrected chi connectivity index (χ1v) is 11.2. The minimum Gasteiger partial charge on any atom is -0.497 e. The van der Waals surface area contributed by atoms with E-state index in [2.05, 4.69) is 36.5 Å². The maximum atomic E-state index is 13.2. The van der Waals surface area contributed by atoms with Crippen LogP contribution < -0.4 is 15.0 Å². The summed E-state index contributed by atoms with van der Waals surface area (Å²) in [5.74, 6) is 0.572. The van der Waals surface area contributed by atoms with E-state index in [0.717, 1.165) is 35.5 Å². The summed E-state index contributed by atoms with van der Waals surface area (Å²) in [7, 11) is 1.62. The monoisotopic (exact) mass is 443 g/mol. The second kappa shape index (κ2) is 10.2. The molecule has 3 aromatic rings. The van der Waals surface area contributed by atoms with Gasteiger partial charge >= 0.3 is 6.03 Å². The number of ether oxygens (including phenoxy) is 1. The number of anilines is 1. The molecule has 6 heteroatoms. The maximum absolute atomic E-state index is 13.2. The van der Waals surface area contributed by atoms with Gasteiger partial charge in [-0.3, -0.25) is 9.69 Å². The minimum absolute atomic E-state index is 0.0317. The Balaban J connectivity index is 1.43. The zero-order valence-electron chi connectivity index (χ0n) is 19.1. The number of hydrogen-bond acceptors (Lipinski definition) is 3. The van der Waals surface area contributed by atoms with Gasteiger partial charge in [0.15, 0.2) is 0 Å². The zero-order chi connectivity index (χ0) is 23.2. The van der Waals surface area contributed by atoms with Gasteiger partial charge in [-0.1, -0.05) is 48.0 Å². The number of nitrogens with one attached hydrogen (secondary N) is 1. The number of benzene rings is 3. The van der Waals surface area contributed by atoms with E-state index in [4.69, 9.17) is 4.74 Å². The third kappa shape index (κ3) is 5.52. The van der Waals surface area contributed by atoms with Gasteiger partial charge in [-0.05, 0) is 54.8 Å². The fourth-order valence-electron chi connectivity index (χ4n) is 3.96. The smallest absolute Gasteiger partial charge is 0.324 e. The van der Waals surface area contributed by atoms with Gasteiger partial charge in [-0.2, -0.15) is 0 Å². The van der Waals surface area contributed by atoms with E-state index >= 15 is 0 Å². The number of carbonyl (C=O) groups is 2. The van der Waals surface area contributed by atoms with Crippen molar-refractivity contribution in [1.82, 2.24) is 10.2 Å². The van der Waals surface area contributed by atoms with Crippen molar-refractivity contribution in [2.75, 3.05) is 25.1 Å². The SMILES string of the molecule is COc1cccc(CNC(=O)c2cccc(N3CCCN(Cc4ccc(C)cc4)C3=O)c2)c1. The molecule has 0 atom stereocenters. The Labute approximate surface area is 194 Å². The average Bonchev–Trinajstić information content (AvgIpc) is 2.85. The molecule has 1 fully saturated rings. The molecule has 4 rings (SSSR count). The Morgan fingerprint density at radius 2 is 1.76 bits per heavy atom. The highest BCUT2D eigenvalue weighted by molar-refractivity contribution is 5.98. The van der Waals surface area contributed by atoms with Gasteiger partial charge in [0.2, 0.25) is 0 Å². The van der Waals surface area contributed by atoms with Gasteiger partial charge in [0.25, 0.3) is 5.91 Å². The highest BCUT2D eigenvalue weighted by atomic mass is 16.5. The molecule has 1 saturated heterocycles. The van der Waals surface area contributed by atoms with Crippen molar-refractivity contribution in [3.63, 3.8) is 0 Å². The van der Waals surface area contributed by atoms with Crippen molar-refractivity contribution < 1.29 is 14.3 Å². The fraction of sp³-hybridized carbons (Fsp3) is 0.259. The van der Waals surface area contributed by atoms with Gasteiger partial charge in [0.1, 0.15) is 5.75 Å². The standard InChI is InChI=1S/C27H29N3O3/c1-20-10-12-21(13-11-20)19-29-14-5-15-30(27(29)32)24-8-4-7-23(17-24)26(31)28-18-22-6-3-9-25(16-22)33-2/h3-4,6-13,16-17H,5,14-15,18-19H2,1-2H3,(H,28,31). The Morgan fingerprint density at radius 3 is 2.55 bits per heavy atom. The van der Waals surface area contributed by atoms with Crippen molar-refractivity contribution in [1.29, 1.82) is 0 Å². The number of urea groups is 1. The van der Waals surface area contributed by atoms with Gasteiger partial charge in [-0.25, -0.2) is 4.79 Å². The lowest BCUT2D eigenvalue weighted by molar-refractivity contribution is 0.0950. The molecule has 0 saturated carbocycles. The summed E-state index contributed by atoms with van der Waals surface area (Å²) < 4.78 is 5.24. The number of methoxy groups -OCH3 is 1. The van der Waals surface area contributed by atoms with Crippen molar-refractivity contribution >= 4 is 17.6 Å². The third-order valence-corrected chi connectivity index (χ3v) is 5.81. The molecule has 3 aromatic carbocycles. The van der Waals surface area contributed by atoms with Crippen LogP contribution in [0.4, 0.5) is 10.5 Å². The lowest BCUT2D eigenvalue weighted by Crippen LogP contribution is -2.49. The highest BCUT2D eigenvalue weighted by Gasteiger charge is 2.27. The summed E-state index contributed by atoms with van der Waals surface area (Å²) in [5, 5.41) is 2.95. The van der Waals surface area contributed by atoms with E-state index in [0.29, 0.717) is 25.2 Å². The van der Waals surface area contributed by atoms with Crippen molar-refractivity contribution in [2.24, 2.45) is 0 Å². The molecule has 0 unspecified atom stereocenters. The lowest BCUT2D eigenvalue weighted by atomic mass is 10.1. The van der Waals surface area contributed by atoms with Crippen LogP contribution >= 0.6 is 0 Å². The van der Waals surface area contributed by atoms with E-state index in [1.807, 2.05) is 41.3 Å². The van der Waals surface area contributed by atoms with Crippen LogP contribution in [-0.4, -0.2) is 37.0 Å². The van der Waals surface area contributed by atoms with Crippen LogP contribution in [0.25, 0.3) is 0 Å². The summed E-state index contributed by atoms with van der Waals surface area (Å²) in [5.41, 5.74) is 4.53. The molecule has 3 amide bonds. The van der Waals surface area contributed by atoms with E-state index in [1.165, 1.54) is 5.56 Å². The number of amides is 3. The summed E-state index contributed by atoms with van der Waals surface area (Å²) in [4.78, 5) is 29.6. The number of aryl methyl sites for hydroxylation is 1. The third-order valence-electron chi connectivity index (χ3n) is 5.81. The van der Waals surface area contributed by atoms with Gasteiger partial charge < -0.3 is 15.0 Å². The number of hydrogen-bond donors (Lipinski definition) is 1. The van der Waals surface area contributed by atoms with Crippen LogP contribution in [-0.2, 0) is 13.1 Å². The minimum atomic E-state index is -0.180. The molecular formula is C27H29N3O3. The van der Waals surface area contributed by atoms with Crippen LogP contribution in [0.3, 0.4) is 0 Å². The second-order valence-electron chi connectivity index (χ2n) is 8.28. The second-order valence-corrected chi connectivity index (χ2v) is 8.28. The van der Waals surface area contributed by atoms with Crippen LogP contribution in [0.1, 0.15) is 33.5 Å². The predicted molar refractivity (Wildman–Crippen MR) is 130 cm³/mol. The first-order valence-electron chi connectivity index (χ1n) is 11.2. The Morgan fingerprint density at radius 1 is 0.970 bits per heavy atom. The van der Waals surface area contributed by atoms with Crippen LogP contribution in [0.2, 0.25) is 0 Å². The summed E-state index contributed by atoms with van der Waals surface area (Å²) in [6.45, 7) is 4.39. The zero-order valence-corrected chi connectivity index (χ0v) is 19.1. The van der Waals surface area contributed by atoms with Crippen molar-refractivity contribution in [3.8, 4) is 5.75 Å². The molecule has 0 spiro atoms. The molecule has 0 aromatic heterocycles. The van der Waals surface area contributed by atoms with Crippen molar-refractivity contribution in [3.05, 3.63) is 95.1 Å². The first-order chi connectivity index (χ1) is 16.0. The van der Waals surface area contributed by atoms with E-state index < -0.39 is 0 Å². The Hall–Kier alpha value is -3.80. The predicted octanol–water partition coefficient (Wildman–Crippen LogP) is 4.77. The maximum Gasteiger partial charge on any atom is 0.324 e. The normalized spacial score (nSPS) is 13.7. The quantitative estimate of drug-likeness (QED) is 0.572. The molecule has 6 nitrogen and oxygen atoms in total. The molecule has 0 bridgehead atoms. The summed E-state index contributed by atoms with van der Waals surface area (Å²) in [6.07, 6.45) is 0.879. The fourth-order valence-corrected chi connectivity index (χ4v) is 3.96. The molecule has 1 aliphatic heterocycles. The molecule has 1 aliphatic rings. The van der Waals surface area contributed by atoms with Crippen LogP contribution in [0.15, 0.2) is 72.8 Å². The number of rotatable bonds is 7. The first kappa shape index (κ1) is 22.4. The van der Waals surface area contributed by atoms with Crippen molar-refractivity contribution in [2.45, 2.75) is 26.4 Å². The molecule has 0 radical (unpaired) electrons. The largest absolute Gasteiger partial charge is 0.497 e. The van der Waals surface area contributed by atoms with Crippen LogP contribution in [0, 0.1) is 6.92 Å². The van der Waals surface area contributed by atoms with E-state index in [9.17, 15) is 9.59 Å².